The average Bonchev–Trinajstić information content (AvgIpc) is 3.38. The zero-order valence-corrected chi connectivity index (χ0v) is 20.0. The molecule has 0 spiro atoms. The van der Waals surface area contributed by atoms with Crippen molar-refractivity contribution >= 4 is 22.4 Å². The molecule has 0 aliphatic carbocycles. The highest BCUT2D eigenvalue weighted by molar-refractivity contribution is 5.92. The van der Waals surface area contributed by atoms with E-state index < -0.39 is 36.2 Å². The molecule has 2 aliphatic rings. The number of hydrogen-bond acceptors (Lipinski definition) is 5. The summed E-state index contributed by atoms with van der Waals surface area (Å²) in [6.45, 7) is 2.04. The number of benzene rings is 1. The zero-order valence-electron chi connectivity index (χ0n) is 20.0. The Kier molecular flexibility index (Phi) is 7.14. The first-order chi connectivity index (χ1) is 17.8. The minimum absolute atomic E-state index is 0.0806. The fourth-order valence-electron chi connectivity index (χ4n) is 5.41. The van der Waals surface area contributed by atoms with Crippen LogP contribution >= 0.6 is 0 Å². The maximum absolute atomic E-state index is 14.7. The summed E-state index contributed by atoms with van der Waals surface area (Å²) < 4.78 is 53.3. The van der Waals surface area contributed by atoms with E-state index in [0.717, 1.165) is 38.0 Å². The molecule has 1 atom stereocenters. The lowest BCUT2D eigenvalue weighted by Crippen LogP contribution is -2.44. The van der Waals surface area contributed by atoms with Crippen molar-refractivity contribution < 1.29 is 22.4 Å². The molecule has 2 N–H and O–H groups in total. The van der Waals surface area contributed by atoms with Gasteiger partial charge in [0, 0.05) is 37.3 Å². The Bertz CT molecular complexity index is 1360. The molecule has 2 aliphatic heterocycles. The second-order valence-corrected chi connectivity index (χ2v) is 9.56. The van der Waals surface area contributed by atoms with Gasteiger partial charge in [0.1, 0.15) is 11.5 Å². The van der Waals surface area contributed by atoms with Crippen molar-refractivity contribution in [2.45, 2.75) is 37.6 Å². The van der Waals surface area contributed by atoms with Gasteiger partial charge in [0.15, 0.2) is 0 Å². The number of nitrogens with one attached hydrogen (secondary N) is 2. The van der Waals surface area contributed by atoms with E-state index in [4.69, 9.17) is 0 Å². The topological polar surface area (TPSA) is 81.3 Å². The molecule has 196 valence electrons. The molecule has 4 heterocycles. The molecule has 0 saturated carbocycles. The van der Waals surface area contributed by atoms with Crippen molar-refractivity contribution in [2.75, 3.05) is 37.6 Å². The standard InChI is InChI=1S/C26H27F4N5O2/c27-18-3-1-2-15-12-20(33-26(37)23(15)18)16-6-9-35(14-16)17-7-10-34(11-8-17)21-5-4-19(32-24(21)30)25(36)31-13-22(28)29/h1-5,12,16-17,22H,6-11,13-14H2,(H,31,36)(H,33,37). The summed E-state index contributed by atoms with van der Waals surface area (Å²) in [5, 5.41) is 2.69. The predicted octanol–water partition coefficient (Wildman–Crippen LogP) is 3.65. The molecule has 11 heteroatoms. The van der Waals surface area contributed by atoms with Crippen LogP contribution in [-0.2, 0) is 0 Å². The summed E-state index contributed by atoms with van der Waals surface area (Å²) in [6, 6.07) is 9.60. The van der Waals surface area contributed by atoms with E-state index in [1.54, 1.807) is 12.1 Å². The number of carbonyl (C=O) groups is 1. The molecule has 2 fully saturated rings. The van der Waals surface area contributed by atoms with E-state index in [9.17, 15) is 27.2 Å². The molecule has 1 amide bonds. The number of H-pyrrole nitrogens is 1. The number of nitrogens with zero attached hydrogens (tertiary/aromatic N) is 3. The number of piperidine rings is 1. The first kappa shape index (κ1) is 25.2. The lowest BCUT2D eigenvalue weighted by molar-refractivity contribution is 0.0886. The van der Waals surface area contributed by atoms with Crippen LogP contribution in [0.15, 0.2) is 41.2 Å². The lowest BCUT2D eigenvalue weighted by Gasteiger charge is -2.37. The van der Waals surface area contributed by atoms with Crippen molar-refractivity contribution in [3.8, 4) is 0 Å². The number of pyridine rings is 2. The maximum Gasteiger partial charge on any atom is 0.270 e. The minimum Gasteiger partial charge on any atom is -0.368 e. The summed E-state index contributed by atoms with van der Waals surface area (Å²) in [4.78, 5) is 35.2. The number of likely N-dealkylation sites (tertiary alicyclic amines) is 1. The average molecular weight is 518 g/mol. The first-order valence-corrected chi connectivity index (χ1v) is 12.3. The Balaban J connectivity index is 1.19. The molecule has 2 aromatic heterocycles. The number of hydrogen-bond donors (Lipinski definition) is 2. The van der Waals surface area contributed by atoms with Crippen LogP contribution in [0.4, 0.5) is 23.2 Å². The van der Waals surface area contributed by atoms with E-state index >= 15 is 0 Å². The number of fused-ring (bicyclic) bond motifs is 1. The third-order valence-corrected chi connectivity index (χ3v) is 7.30. The quantitative estimate of drug-likeness (QED) is 0.386. The molecule has 3 aromatic rings. The van der Waals surface area contributed by atoms with Crippen molar-refractivity contribution in [2.24, 2.45) is 0 Å². The van der Waals surface area contributed by atoms with Gasteiger partial charge in [0.2, 0.25) is 5.95 Å². The highest BCUT2D eigenvalue weighted by Crippen LogP contribution is 2.32. The van der Waals surface area contributed by atoms with Crippen LogP contribution in [0.25, 0.3) is 10.8 Å². The van der Waals surface area contributed by atoms with E-state index in [2.05, 4.69) is 14.9 Å². The van der Waals surface area contributed by atoms with Crippen LogP contribution in [0, 0.1) is 11.8 Å². The first-order valence-electron chi connectivity index (χ1n) is 12.3. The SMILES string of the molecule is O=C(NCC(F)F)c1ccc(N2CCC(N3CCC(c4cc5cccc(F)c5c(=O)[nH]4)C3)CC2)c(F)n1. The molecular formula is C26H27F4N5O2. The monoisotopic (exact) mass is 517 g/mol. The molecular weight excluding hydrogens is 490 g/mol. The van der Waals surface area contributed by atoms with E-state index in [1.807, 2.05) is 16.3 Å². The summed E-state index contributed by atoms with van der Waals surface area (Å²) in [6.07, 6.45) is -0.200. The van der Waals surface area contributed by atoms with Crippen LogP contribution in [0.5, 0.6) is 0 Å². The van der Waals surface area contributed by atoms with Crippen molar-refractivity contribution in [1.29, 1.82) is 0 Å². The highest BCUT2D eigenvalue weighted by Gasteiger charge is 2.32. The van der Waals surface area contributed by atoms with Gasteiger partial charge >= 0.3 is 0 Å². The molecule has 2 saturated heterocycles. The Morgan fingerprint density at radius 2 is 1.89 bits per heavy atom. The van der Waals surface area contributed by atoms with Crippen LogP contribution in [0.2, 0.25) is 0 Å². The van der Waals surface area contributed by atoms with E-state index in [0.29, 0.717) is 24.5 Å². The lowest BCUT2D eigenvalue weighted by atomic mass is 10.0. The molecule has 37 heavy (non-hydrogen) atoms. The normalized spacial score (nSPS) is 19.2. The number of anilines is 1. The largest absolute Gasteiger partial charge is 0.368 e. The Labute approximate surface area is 210 Å². The van der Waals surface area contributed by atoms with Gasteiger partial charge in [-0.15, -0.1) is 0 Å². The Morgan fingerprint density at radius 3 is 2.62 bits per heavy atom. The van der Waals surface area contributed by atoms with Gasteiger partial charge < -0.3 is 15.2 Å². The number of aromatic amines is 1. The number of carbonyl (C=O) groups excluding carboxylic acids is 1. The van der Waals surface area contributed by atoms with Gasteiger partial charge in [-0.05, 0) is 55.5 Å². The number of rotatable bonds is 6. The maximum atomic E-state index is 14.7. The second kappa shape index (κ2) is 10.5. The fourth-order valence-corrected chi connectivity index (χ4v) is 5.41. The third-order valence-electron chi connectivity index (χ3n) is 7.30. The Morgan fingerprint density at radius 1 is 1.11 bits per heavy atom. The van der Waals surface area contributed by atoms with Gasteiger partial charge in [-0.25, -0.2) is 18.2 Å². The summed E-state index contributed by atoms with van der Waals surface area (Å²) in [7, 11) is 0. The summed E-state index contributed by atoms with van der Waals surface area (Å²) in [5.74, 6) is -2.03. The van der Waals surface area contributed by atoms with Crippen LogP contribution < -0.4 is 15.8 Å². The van der Waals surface area contributed by atoms with Gasteiger partial charge in [-0.2, -0.15) is 4.39 Å². The molecule has 1 unspecified atom stereocenters. The van der Waals surface area contributed by atoms with Crippen molar-refractivity contribution in [3.63, 3.8) is 0 Å². The van der Waals surface area contributed by atoms with Crippen molar-refractivity contribution in [3.05, 3.63) is 69.9 Å². The molecule has 7 nitrogen and oxygen atoms in total. The minimum atomic E-state index is -2.69. The summed E-state index contributed by atoms with van der Waals surface area (Å²) in [5.41, 5.74) is 0.442. The molecule has 5 rings (SSSR count). The van der Waals surface area contributed by atoms with Crippen LogP contribution in [0.3, 0.4) is 0 Å². The van der Waals surface area contributed by atoms with Gasteiger partial charge in [0.05, 0.1) is 17.6 Å². The zero-order chi connectivity index (χ0) is 26.1. The smallest absolute Gasteiger partial charge is 0.270 e. The van der Waals surface area contributed by atoms with Crippen LogP contribution in [0.1, 0.15) is 41.4 Å². The number of alkyl halides is 2. The number of amides is 1. The van der Waals surface area contributed by atoms with Crippen LogP contribution in [-0.4, -0.2) is 66.0 Å². The van der Waals surface area contributed by atoms with E-state index in [1.165, 1.54) is 18.2 Å². The summed E-state index contributed by atoms with van der Waals surface area (Å²) >= 11 is 0. The highest BCUT2D eigenvalue weighted by atomic mass is 19.3. The van der Waals surface area contributed by atoms with Gasteiger partial charge in [-0.3, -0.25) is 14.5 Å². The second-order valence-electron chi connectivity index (χ2n) is 9.56. The number of aromatic nitrogens is 2. The molecule has 0 radical (unpaired) electrons. The predicted molar refractivity (Wildman–Crippen MR) is 131 cm³/mol. The molecule has 1 aromatic carbocycles. The van der Waals surface area contributed by atoms with E-state index in [-0.39, 0.29) is 22.7 Å². The Hall–Kier alpha value is -3.47. The molecule has 0 bridgehead atoms. The van der Waals surface area contributed by atoms with Crippen molar-refractivity contribution in [1.82, 2.24) is 20.2 Å². The van der Waals surface area contributed by atoms with Gasteiger partial charge in [0.25, 0.3) is 17.9 Å². The fraction of sp³-hybridized carbons (Fsp3) is 0.423. The number of halogens is 4. The van der Waals surface area contributed by atoms with Gasteiger partial charge in [-0.1, -0.05) is 12.1 Å². The third kappa shape index (κ3) is 5.31.